The molecule has 1 aliphatic rings. The van der Waals surface area contributed by atoms with Crippen molar-refractivity contribution in [3.63, 3.8) is 0 Å². The van der Waals surface area contributed by atoms with Gasteiger partial charge in [-0.25, -0.2) is 0 Å². The highest BCUT2D eigenvalue weighted by Crippen LogP contribution is 2.28. The predicted molar refractivity (Wildman–Crippen MR) is 111 cm³/mol. The molecule has 0 aromatic heterocycles. The molecule has 1 aliphatic heterocycles. The Morgan fingerprint density at radius 3 is 2.75 bits per heavy atom. The first-order valence-corrected chi connectivity index (χ1v) is 10.1. The molecule has 0 bridgehead atoms. The number of amides is 1. The minimum Gasteiger partial charge on any atom is -0.494 e. The molecular weight excluding hydrogens is 376 g/mol. The van der Waals surface area contributed by atoms with E-state index in [2.05, 4.69) is 17.1 Å². The number of carbonyl (C=O) groups is 1. The molecule has 28 heavy (non-hydrogen) atoms. The summed E-state index contributed by atoms with van der Waals surface area (Å²) in [6.07, 6.45) is 0.926. The quantitative estimate of drug-likeness (QED) is 0.726. The van der Waals surface area contributed by atoms with Crippen LogP contribution >= 0.6 is 11.6 Å². The lowest BCUT2D eigenvalue weighted by Gasteiger charge is -2.35. The van der Waals surface area contributed by atoms with Crippen LogP contribution in [0.2, 0.25) is 5.02 Å². The minimum atomic E-state index is -0.118. The van der Waals surface area contributed by atoms with E-state index in [9.17, 15) is 4.79 Å². The predicted octanol–water partition coefficient (Wildman–Crippen LogP) is 3.93. The Balaban J connectivity index is 1.71. The third kappa shape index (κ3) is 5.47. The van der Waals surface area contributed by atoms with E-state index in [0.717, 1.165) is 25.1 Å². The molecule has 2 aromatic carbocycles. The summed E-state index contributed by atoms with van der Waals surface area (Å²) in [6, 6.07) is 15.1. The number of hydrogen-bond donors (Lipinski definition) is 1. The van der Waals surface area contributed by atoms with E-state index in [0.29, 0.717) is 42.7 Å². The summed E-state index contributed by atoms with van der Waals surface area (Å²) < 4.78 is 11.1. The summed E-state index contributed by atoms with van der Waals surface area (Å²) in [6.45, 7) is 6.16. The second kappa shape index (κ2) is 10.5. The van der Waals surface area contributed by atoms with Gasteiger partial charge in [-0.1, -0.05) is 42.8 Å². The molecule has 0 saturated carbocycles. The van der Waals surface area contributed by atoms with Gasteiger partial charge in [0.05, 0.1) is 25.9 Å². The zero-order valence-corrected chi connectivity index (χ0v) is 17.0. The van der Waals surface area contributed by atoms with Gasteiger partial charge in [-0.15, -0.1) is 0 Å². The summed E-state index contributed by atoms with van der Waals surface area (Å²) in [4.78, 5) is 15.0. The van der Waals surface area contributed by atoms with E-state index in [1.807, 2.05) is 36.4 Å². The van der Waals surface area contributed by atoms with Gasteiger partial charge in [0.1, 0.15) is 5.75 Å². The zero-order valence-electron chi connectivity index (χ0n) is 16.2. The van der Waals surface area contributed by atoms with E-state index in [4.69, 9.17) is 21.1 Å². The van der Waals surface area contributed by atoms with Crippen LogP contribution in [-0.2, 0) is 4.74 Å². The molecule has 1 atom stereocenters. The Bertz CT molecular complexity index is 778. The maximum atomic E-state index is 12.7. The van der Waals surface area contributed by atoms with Crippen molar-refractivity contribution in [1.29, 1.82) is 0 Å². The van der Waals surface area contributed by atoms with Gasteiger partial charge >= 0.3 is 0 Å². The second-order valence-corrected chi connectivity index (χ2v) is 7.18. The van der Waals surface area contributed by atoms with Crippen molar-refractivity contribution in [2.24, 2.45) is 0 Å². The lowest BCUT2D eigenvalue weighted by atomic mass is 10.0. The van der Waals surface area contributed by atoms with Crippen molar-refractivity contribution < 1.29 is 14.3 Å². The van der Waals surface area contributed by atoms with Crippen molar-refractivity contribution in [1.82, 2.24) is 10.2 Å². The van der Waals surface area contributed by atoms with E-state index >= 15 is 0 Å². The number of hydrogen-bond acceptors (Lipinski definition) is 4. The summed E-state index contributed by atoms with van der Waals surface area (Å²) in [5.74, 6) is 0.595. The fourth-order valence-corrected chi connectivity index (χ4v) is 3.57. The average molecular weight is 403 g/mol. The number of ether oxygens (including phenoxy) is 2. The highest BCUT2D eigenvalue weighted by molar-refractivity contribution is 6.31. The van der Waals surface area contributed by atoms with Gasteiger partial charge in [0.25, 0.3) is 5.91 Å². The zero-order chi connectivity index (χ0) is 19.8. The Labute approximate surface area is 171 Å². The SMILES string of the molecule is CCCOc1cccc(C(=O)NC[C@@H](c2ccccc2Cl)N2CCOCC2)c1. The summed E-state index contributed by atoms with van der Waals surface area (Å²) >= 11 is 6.45. The van der Waals surface area contributed by atoms with Gasteiger partial charge < -0.3 is 14.8 Å². The number of halogens is 1. The van der Waals surface area contributed by atoms with Crippen molar-refractivity contribution in [2.45, 2.75) is 19.4 Å². The summed E-state index contributed by atoms with van der Waals surface area (Å²) in [5.41, 5.74) is 1.61. The van der Waals surface area contributed by atoms with Crippen LogP contribution in [-0.4, -0.2) is 50.3 Å². The van der Waals surface area contributed by atoms with Gasteiger partial charge in [-0.2, -0.15) is 0 Å². The normalized spacial score (nSPS) is 15.8. The number of carbonyl (C=O) groups excluding carboxylic acids is 1. The summed E-state index contributed by atoms with van der Waals surface area (Å²) in [5, 5.41) is 3.78. The lowest BCUT2D eigenvalue weighted by molar-refractivity contribution is 0.0162. The van der Waals surface area contributed by atoms with Crippen LogP contribution in [0.5, 0.6) is 5.75 Å². The van der Waals surface area contributed by atoms with Crippen LogP contribution in [0.1, 0.15) is 35.3 Å². The fourth-order valence-electron chi connectivity index (χ4n) is 3.31. The molecule has 0 radical (unpaired) electrons. The fraction of sp³-hybridized carbons (Fsp3) is 0.409. The highest BCUT2D eigenvalue weighted by Gasteiger charge is 2.25. The number of morpholine rings is 1. The first-order chi connectivity index (χ1) is 13.7. The molecule has 2 aromatic rings. The molecular formula is C22H27ClN2O3. The Kier molecular flexibility index (Phi) is 7.71. The average Bonchev–Trinajstić information content (AvgIpc) is 2.74. The van der Waals surface area contributed by atoms with Crippen LogP contribution in [0.25, 0.3) is 0 Å². The molecule has 1 fully saturated rings. The first-order valence-electron chi connectivity index (χ1n) is 9.76. The van der Waals surface area contributed by atoms with Crippen LogP contribution in [0, 0.1) is 0 Å². The van der Waals surface area contributed by atoms with E-state index in [-0.39, 0.29) is 11.9 Å². The van der Waals surface area contributed by atoms with Crippen molar-refractivity contribution in [2.75, 3.05) is 39.5 Å². The van der Waals surface area contributed by atoms with Gasteiger partial charge in [-0.3, -0.25) is 9.69 Å². The highest BCUT2D eigenvalue weighted by atomic mass is 35.5. The molecule has 150 valence electrons. The maximum absolute atomic E-state index is 12.7. The second-order valence-electron chi connectivity index (χ2n) is 6.77. The first kappa shape index (κ1) is 20.6. The Morgan fingerprint density at radius 1 is 1.21 bits per heavy atom. The largest absolute Gasteiger partial charge is 0.494 e. The van der Waals surface area contributed by atoms with Gasteiger partial charge in [0.15, 0.2) is 0 Å². The molecule has 3 rings (SSSR count). The molecule has 1 N–H and O–H groups in total. The van der Waals surface area contributed by atoms with Crippen molar-refractivity contribution in [3.05, 3.63) is 64.7 Å². The van der Waals surface area contributed by atoms with Crippen LogP contribution < -0.4 is 10.1 Å². The lowest BCUT2D eigenvalue weighted by Crippen LogP contribution is -2.44. The van der Waals surface area contributed by atoms with Crippen molar-refractivity contribution >= 4 is 17.5 Å². The Hall–Kier alpha value is -2.08. The van der Waals surface area contributed by atoms with E-state index in [1.165, 1.54) is 0 Å². The molecule has 0 spiro atoms. The molecule has 0 aliphatic carbocycles. The van der Waals surface area contributed by atoms with E-state index in [1.54, 1.807) is 12.1 Å². The third-order valence-corrected chi connectivity index (χ3v) is 5.12. The molecule has 6 heteroatoms. The Morgan fingerprint density at radius 2 is 2.00 bits per heavy atom. The number of benzene rings is 2. The standard InChI is InChI=1S/C22H27ClN2O3/c1-2-12-28-18-7-5-6-17(15-18)22(26)24-16-21(25-10-13-27-14-11-25)19-8-3-4-9-20(19)23/h3-9,15,21H,2,10-14,16H2,1H3,(H,24,26)/t21-/m0/s1. The van der Waals surface area contributed by atoms with Crippen LogP contribution in [0.3, 0.4) is 0 Å². The number of nitrogens with zero attached hydrogens (tertiary/aromatic N) is 1. The smallest absolute Gasteiger partial charge is 0.251 e. The maximum Gasteiger partial charge on any atom is 0.251 e. The molecule has 5 nitrogen and oxygen atoms in total. The van der Waals surface area contributed by atoms with Crippen LogP contribution in [0.15, 0.2) is 48.5 Å². The molecule has 1 amide bonds. The van der Waals surface area contributed by atoms with Crippen LogP contribution in [0.4, 0.5) is 0 Å². The van der Waals surface area contributed by atoms with Crippen molar-refractivity contribution in [3.8, 4) is 5.75 Å². The summed E-state index contributed by atoms with van der Waals surface area (Å²) in [7, 11) is 0. The topological polar surface area (TPSA) is 50.8 Å². The number of rotatable bonds is 8. The molecule has 1 saturated heterocycles. The molecule has 1 heterocycles. The third-order valence-electron chi connectivity index (χ3n) is 4.78. The minimum absolute atomic E-state index is 0.000994. The monoisotopic (exact) mass is 402 g/mol. The van der Waals surface area contributed by atoms with Gasteiger partial charge in [-0.05, 0) is 36.2 Å². The number of nitrogens with one attached hydrogen (secondary N) is 1. The molecule has 0 unspecified atom stereocenters. The van der Waals surface area contributed by atoms with Gasteiger partial charge in [0, 0.05) is 30.2 Å². The van der Waals surface area contributed by atoms with E-state index < -0.39 is 0 Å². The van der Waals surface area contributed by atoms with Gasteiger partial charge in [0.2, 0.25) is 0 Å².